The molecule has 0 aliphatic rings. The minimum absolute atomic E-state index is 0.632. The fraction of sp³-hybridized carbons (Fsp3) is 0.333. The summed E-state index contributed by atoms with van der Waals surface area (Å²) in [6.45, 7) is 1.31. The van der Waals surface area contributed by atoms with Gasteiger partial charge in [-0.15, -0.1) is 0 Å². The summed E-state index contributed by atoms with van der Waals surface area (Å²) in [4.78, 5) is 0. The number of hydrogen-bond donors (Lipinski definition) is 2. The van der Waals surface area contributed by atoms with Crippen LogP contribution in [0.5, 0.6) is 0 Å². The van der Waals surface area contributed by atoms with E-state index in [1.54, 1.807) is 6.08 Å². The summed E-state index contributed by atoms with van der Waals surface area (Å²) >= 11 is 0. The van der Waals surface area contributed by atoms with E-state index in [1.165, 1.54) is 11.5 Å². The van der Waals surface area contributed by atoms with Gasteiger partial charge in [0.05, 0.1) is 6.61 Å². The molecule has 0 saturated carbocycles. The number of hydrogen-bond acceptors (Lipinski definition) is 3. The quantitative estimate of drug-likeness (QED) is 0.541. The highest BCUT2D eigenvalue weighted by Crippen LogP contribution is 2.01. The molecule has 0 aliphatic heterocycles. The molecule has 0 radical (unpaired) electrons. The van der Waals surface area contributed by atoms with E-state index in [0.717, 1.165) is 12.8 Å². The van der Waals surface area contributed by atoms with E-state index in [9.17, 15) is 0 Å². The number of allylic oxidation sites excluding steroid dienone is 1. The zero-order chi connectivity index (χ0) is 11.6. The van der Waals surface area contributed by atoms with Gasteiger partial charge in [0.2, 0.25) is 0 Å². The predicted molar refractivity (Wildman–Crippen MR) is 64.7 cm³/mol. The molecule has 1 rings (SSSR count). The van der Waals surface area contributed by atoms with Gasteiger partial charge in [0, 0.05) is 6.61 Å². The second-order valence-corrected chi connectivity index (χ2v) is 3.52. The lowest BCUT2D eigenvalue weighted by atomic mass is 9.91. The topological polar surface area (TPSA) is 49.7 Å². The van der Waals surface area contributed by atoms with Crippen LogP contribution in [0, 0.1) is 0 Å². The first-order chi connectivity index (χ1) is 7.79. The monoisotopic (exact) mass is 220 g/mol. The Morgan fingerprint density at radius 1 is 1.19 bits per heavy atom. The standard InChI is InChI=1S/C12H17BO3/c14-13(15)9-5-2-6-10-16-11-12-7-3-1-4-8-12/h1,3-5,7-9,14-15H,2,6,10-11H2/b9-5+. The molecule has 0 aliphatic carbocycles. The number of benzene rings is 1. The van der Waals surface area contributed by atoms with Crippen LogP contribution in [0.4, 0.5) is 0 Å². The summed E-state index contributed by atoms with van der Waals surface area (Å²) < 4.78 is 5.47. The molecule has 0 aromatic heterocycles. The normalized spacial score (nSPS) is 10.9. The first-order valence-electron chi connectivity index (χ1n) is 5.43. The van der Waals surface area contributed by atoms with Crippen molar-refractivity contribution in [1.82, 2.24) is 0 Å². The Morgan fingerprint density at radius 2 is 1.94 bits per heavy atom. The highest BCUT2D eigenvalue weighted by molar-refractivity contribution is 6.47. The van der Waals surface area contributed by atoms with Crippen LogP contribution in [0.2, 0.25) is 0 Å². The van der Waals surface area contributed by atoms with Gasteiger partial charge < -0.3 is 14.8 Å². The van der Waals surface area contributed by atoms with E-state index >= 15 is 0 Å². The summed E-state index contributed by atoms with van der Waals surface area (Å²) in [6.07, 6.45) is 3.43. The Kier molecular flexibility index (Phi) is 6.57. The number of ether oxygens (including phenoxy) is 1. The molecule has 2 N–H and O–H groups in total. The SMILES string of the molecule is OB(O)/C=C/CCCOCc1ccccc1. The van der Waals surface area contributed by atoms with E-state index in [0.29, 0.717) is 13.2 Å². The maximum atomic E-state index is 8.54. The van der Waals surface area contributed by atoms with Crippen LogP contribution in [0.15, 0.2) is 42.4 Å². The highest BCUT2D eigenvalue weighted by Gasteiger charge is 1.96. The van der Waals surface area contributed by atoms with E-state index in [4.69, 9.17) is 14.8 Å². The van der Waals surface area contributed by atoms with Gasteiger partial charge in [-0.25, -0.2) is 0 Å². The second kappa shape index (κ2) is 8.10. The highest BCUT2D eigenvalue weighted by atomic mass is 16.5. The van der Waals surface area contributed by atoms with E-state index in [-0.39, 0.29) is 0 Å². The first-order valence-corrected chi connectivity index (χ1v) is 5.43. The van der Waals surface area contributed by atoms with Crippen molar-refractivity contribution in [3.05, 3.63) is 47.9 Å². The smallest absolute Gasteiger partial charge is 0.424 e. The van der Waals surface area contributed by atoms with Crippen molar-refractivity contribution in [2.45, 2.75) is 19.4 Å². The third-order valence-corrected chi connectivity index (χ3v) is 2.08. The minimum atomic E-state index is -1.34. The lowest BCUT2D eigenvalue weighted by Crippen LogP contribution is -2.05. The molecule has 0 fully saturated rings. The molecule has 4 heteroatoms. The molecule has 3 nitrogen and oxygen atoms in total. The molecule has 0 bridgehead atoms. The van der Waals surface area contributed by atoms with Crippen LogP contribution in [0.1, 0.15) is 18.4 Å². The van der Waals surface area contributed by atoms with E-state index in [2.05, 4.69) is 0 Å². The molecule has 0 heterocycles. The predicted octanol–water partition coefficient (Wildman–Crippen LogP) is 1.55. The fourth-order valence-corrected chi connectivity index (χ4v) is 1.29. The van der Waals surface area contributed by atoms with Crippen molar-refractivity contribution in [3.63, 3.8) is 0 Å². The summed E-state index contributed by atoms with van der Waals surface area (Å²) in [5.41, 5.74) is 1.17. The van der Waals surface area contributed by atoms with Crippen LogP contribution in [-0.4, -0.2) is 23.8 Å². The van der Waals surface area contributed by atoms with Crippen LogP contribution < -0.4 is 0 Å². The van der Waals surface area contributed by atoms with Crippen LogP contribution in [0.3, 0.4) is 0 Å². The average molecular weight is 220 g/mol. The van der Waals surface area contributed by atoms with Crippen molar-refractivity contribution in [1.29, 1.82) is 0 Å². The largest absolute Gasteiger partial charge is 0.480 e. The second-order valence-electron chi connectivity index (χ2n) is 3.52. The minimum Gasteiger partial charge on any atom is -0.424 e. The van der Waals surface area contributed by atoms with Gasteiger partial charge in [0.15, 0.2) is 0 Å². The van der Waals surface area contributed by atoms with Crippen molar-refractivity contribution in [2.75, 3.05) is 6.61 Å². The summed E-state index contributed by atoms with van der Waals surface area (Å²) in [5, 5.41) is 17.1. The first kappa shape index (κ1) is 13.0. The van der Waals surface area contributed by atoms with Gasteiger partial charge >= 0.3 is 7.12 Å². The number of unbranched alkanes of at least 4 members (excludes halogenated alkanes) is 1. The zero-order valence-corrected chi connectivity index (χ0v) is 9.25. The van der Waals surface area contributed by atoms with Crippen molar-refractivity contribution < 1.29 is 14.8 Å². The molecular weight excluding hydrogens is 203 g/mol. The molecule has 86 valence electrons. The third-order valence-electron chi connectivity index (χ3n) is 2.08. The summed E-state index contributed by atoms with van der Waals surface area (Å²) in [7, 11) is -1.34. The third kappa shape index (κ3) is 6.40. The average Bonchev–Trinajstić information content (AvgIpc) is 2.29. The Balaban J connectivity index is 2.00. The Hall–Kier alpha value is -1.10. The summed E-state index contributed by atoms with van der Waals surface area (Å²) in [5.74, 6) is 1.36. The van der Waals surface area contributed by atoms with Gasteiger partial charge in [0.1, 0.15) is 0 Å². The van der Waals surface area contributed by atoms with E-state index < -0.39 is 7.12 Å². The Morgan fingerprint density at radius 3 is 2.62 bits per heavy atom. The molecule has 0 amide bonds. The maximum Gasteiger partial charge on any atom is 0.480 e. The van der Waals surface area contributed by atoms with Crippen LogP contribution >= 0.6 is 0 Å². The molecule has 16 heavy (non-hydrogen) atoms. The van der Waals surface area contributed by atoms with Crippen molar-refractivity contribution in [2.24, 2.45) is 0 Å². The molecule has 0 atom stereocenters. The van der Waals surface area contributed by atoms with E-state index in [1.807, 2.05) is 30.3 Å². The molecular formula is C12H17BO3. The molecule has 1 aromatic carbocycles. The summed E-state index contributed by atoms with van der Waals surface area (Å²) in [6, 6.07) is 10.0. The maximum absolute atomic E-state index is 8.54. The van der Waals surface area contributed by atoms with Gasteiger partial charge in [-0.3, -0.25) is 0 Å². The van der Waals surface area contributed by atoms with Gasteiger partial charge in [-0.2, -0.15) is 0 Å². The van der Waals surface area contributed by atoms with Crippen LogP contribution in [-0.2, 0) is 11.3 Å². The fourth-order valence-electron chi connectivity index (χ4n) is 1.29. The van der Waals surface area contributed by atoms with Gasteiger partial charge in [0.25, 0.3) is 0 Å². The Labute approximate surface area is 96.5 Å². The van der Waals surface area contributed by atoms with Gasteiger partial charge in [-0.1, -0.05) is 42.4 Å². The van der Waals surface area contributed by atoms with Gasteiger partial charge in [-0.05, 0) is 18.4 Å². The zero-order valence-electron chi connectivity index (χ0n) is 9.25. The van der Waals surface area contributed by atoms with Crippen molar-refractivity contribution >= 4 is 7.12 Å². The Bertz CT molecular complexity index is 298. The molecule has 1 aromatic rings. The van der Waals surface area contributed by atoms with Crippen molar-refractivity contribution in [3.8, 4) is 0 Å². The molecule has 0 saturated heterocycles. The van der Waals surface area contributed by atoms with Crippen LogP contribution in [0.25, 0.3) is 0 Å². The lowest BCUT2D eigenvalue weighted by molar-refractivity contribution is 0.119. The lowest BCUT2D eigenvalue weighted by Gasteiger charge is -2.02. The molecule has 0 spiro atoms. The number of rotatable bonds is 7. The molecule has 0 unspecified atom stereocenters.